The van der Waals surface area contributed by atoms with Crippen LogP contribution in [-0.2, 0) is 16.8 Å². The molecule has 4 heterocycles. The van der Waals surface area contributed by atoms with Gasteiger partial charge < -0.3 is 15.6 Å². The van der Waals surface area contributed by atoms with Gasteiger partial charge in [-0.15, -0.1) is 0 Å². The smallest absolute Gasteiger partial charge is 0.170 e. The number of Topliss-reactive ketones (excluding diaryl/α,β-unsaturated/α-hetero) is 1. The number of nitrogens with one attached hydrogen (secondary N) is 3. The van der Waals surface area contributed by atoms with Crippen LogP contribution >= 0.6 is 0 Å². The Kier molecular flexibility index (Phi) is 6.67. The summed E-state index contributed by atoms with van der Waals surface area (Å²) in [6, 6.07) is 45.7. The Hall–Kier alpha value is -5.43. The molecule has 6 unspecified atom stereocenters. The Bertz CT molecular complexity index is 2440. The Morgan fingerprint density at radius 3 is 2.30 bits per heavy atom. The minimum atomic E-state index is -0.926. The largest absolute Gasteiger partial charge is 0.361 e. The van der Waals surface area contributed by atoms with E-state index in [2.05, 4.69) is 131 Å². The van der Waals surface area contributed by atoms with E-state index in [1.807, 2.05) is 30.3 Å². The van der Waals surface area contributed by atoms with Crippen molar-refractivity contribution in [2.45, 2.75) is 36.0 Å². The van der Waals surface area contributed by atoms with Crippen molar-refractivity contribution >= 4 is 22.8 Å². The van der Waals surface area contributed by atoms with Gasteiger partial charge in [-0.1, -0.05) is 115 Å². The molecule has 10 rings (SSSR count). The zero-order chi connectivity index (χ0) is 33.3. The summed E-state index contributed by atoms with van der Waals surface area (Å²) in [4.78, 5) is 30.5. The van der Waals surface area contributed by atoms with Crippen LogP contribution in [0.15, 0.2) is 155 Å². The number of aromatic amines is 1. The molecule has 0 radical (unpaired) electrons. The lowest BCUT2D eigenvalue weighted by molar-refractivity contribution is -0.131. The molecule has 2 saturated heterocycles. The van der Waals surface area contributed by atoms with Gasteiger partial charge in [0.1, 0.15) is 12.1 Å². The molecule has 3 aliphatic heterocycles. The maximum atomic E-state index is 16.0. The summed E-state index contributed by atoms with van der Waals surface area (Å²) in [5.74, 6) is 0.0170. The summed E-state index contributed by atoms with van der Waals surface area (Å²) in [7, 11) is 0. The molecular formula is C44H37N5O. The first-order valence-corrected chi connectivity index (χ1v) is 17.7. The number of carbonyl (C=O) groups is 1. The zero-order valence-electron chi connectivity index (χ0n) is 27.6. The molecule has 50 heavy (non-hydrogen) atoms. The van der Waals surface area contributed by atoms with Crippen LogP contribution in [0.2, 0.25) is 0 Å². The van der Waals surface area contributed by atoms with Gasteiger partial charge in [-0.25, -0.2) is 0 Å². The van der Waals surface area contributed by atoms with Crippen LogP contribution in [0.3, 0.4) is 0 Å². The highest BCUT2D eigenvalue weighted by Crippen LogP contribution is 2.66. The fourth-order valence-electron chi connectivity index (χ4n) is 9.89. The van der Waals surface area contributed by atoms with Crippen molar-refractivity contribution in [2.75, 3.05) is 13.1 Å². The molecule has 0 amide bonds. The SMILES string of the molecule is O=C1/C(=C/c2ccccc2)CNCC12C(c1ccccc1)C(Cc1c[nH]c3ccccc13)NC21c2ccccc2C2N=c3ccccc3=NC21. The molecule has 3 N–H and O–H groups in total. The van der Waals surface area contributed by atoms with Crippen LogP contribution in [-0.4, -0.2) is 35.9 Å². The molecule has 6 atom stereocenters. The number of ketones is 1. The van der Waals surface area contributed by atoms with Gasteiger partial charge >= 0.3 is 0 Å². The predicted molar refractivity (Wildman–Crippen MR) is 196 cm³/mol. The van der Waals surface area contributed by atoms with E-state index >= 15 is 4.79 Å². The second-order valence-electron chi connectivity index (χ2n) is 14.2. The van der Waals surface area contributed by atoms with Crippen molar-refractivity contribution in [3.63, 3.8) is 0 Å². The van der Waals surface area contributed by atoms with Crippen molar-refractivity contribution < 1.29 is 4.79 Å². The summed E-state index contributed by atoms with van der Waals surface area (Å²) in [5.41, 5.74) is 5.85. The molecule has 6 heteroatoms. The van der Waals surface area contributed by atoms with E-state index in [4.69, 9.17) is 9.98 Å². The van der Waals surface area contributed by atoms with Crippen LogP contribution in [0, 0.1) is 5.41 Å². The minimum Gasteiger partial charge on any atom is -0.361 e. The van der Waals surface area contributed by atoms with E-state index < -0.39 is 11.0 Å². The van der Waals surface area contributed by atoms with Gasteiger partial charge in [-0.2, -0.15) is 0 Å². The number of nitrogens with zero attached hydrogens (tertiary/aromatic N) is 2. The standard InChI is InChI=1S/C44H37N5O/c50-42-31(23-28-13-3-1-4-14-28)25-45-27-43(42)39(29-15-5-2-6-16-29)38(24-30-26-46-35-20-10-8-17-32(30)35)49-44(43)34-19-9-7-18-33(34)40-41(44)48-37-22-12-11-21-36(37)47-40/h1-23,26,38-41,45-46,49H,24-25,27H2/b31-23+. The topological polar surface area (TPSA) is 81.6 Å². The minimum absolute atomic E-state index is 0.0855. The lowest BCUT2D eigenvalue weighted by Gasteiger charge is -2.51. The number of fused-ring (bicyclic) bond motifs is 8. The Labute approximate surface area is 290 Å². The fraction of sp³-hybridized carbons (Fsp3) is 0.205. The summed E-state index contributed by atoms with van der Waals surface area (Å²) in [6.07, 6.45) is 4.98. The van der Waals surface area contributed by atoms with Gasteiger partial charge in [0.15, 0.2) is 5.78 Å². The maximum Gasteiger partial charge on any atom is 0.170 e. The molecule has 0 bridgehead atoms. The molecule has 2 fully saturated rings. The van der Waals surface area contributed by atoms with Crippen LogP contribution in [0.1, 0.15) is 39.8 Å². The number of piperidine rings is 1. The van der Waals surface area contributed by atoms with E-state index in [9.17, 15) is 0 Å². The third-order valence-electron chi connectivity index (χ3n) is 11.8. The lowest BCUT2D eigenvalue weighted by atomic mass is 9.54. The number of rotatable bonds is 4. The van der Waals surface area contributed by atoms with E-state index in [-0.39, 0.29) is 29.8 Å². The van der Waals surface area contributed by atoms with E-state index in [0.717, 1.165) is 50.5 Å². The lowest BCUT2D eigenvalue weighted by Crippen LogP contribution is -2.66. The predicted octanol–water partition coefficient (Wildman–Crippen LogP) is 5.98. The number of H-pyrrole nitrogens is 1. The normalized spacial score (nSPS) is 28.7. The van der Waals surface area contributed by atoms with Crippen LogP contribution < -0.4 is 21.3 Å². The van der Waals surface area contributed by atoms with Crippen molar-refractivity contribution in [1.29, 1.82) is 0 Å². The number of hydrogen-bond acceptors (Lipinski definition) is 5. The van der Waals surface area contributed by atoms with Gasteiger partial charge in [0.05, 0.1) is 21.7 Å². The molecule has 2 spiro atoms. The highest BCUT2D eigenvalue weighted by Gasteiger charge is 2.75. The Morgan fingerprint density at radius 2 is 1.46 bits per heavy atom. The van der Waals surface area contributed by atoms with Gasteiger partial charge in [-0.05, 0) is 58.5 Å². The highest BCUT2D eigenvalue weighted by molar-refractivity contribution is 6.07. The molecule has 6 nitrogen and oxygen atoms in total. The molecule has 5 aromatic carbocycles. The summed E-state index contributed by atoms with van der Waals surface area (Å²) in [6.45, 7) is 1.03. The second kappa shape index (κ2) is 11.3. The van der Waals surface area contributed by atoms with Crippen molar-refractivity contribution in [2.24, 2.45) is 15.4 Å². The number of aromatic nitrogens is 1. The Balaban J connectivity index is 1.27. The summed E-state index contributed by atoms with van der Waals surface area (Å²) >= 11 is 0. The first kappa shape index (κ1) is 29.5. The average molecular weight is 652 g/mol. The van der Waals surface area contributed by atoms with Crippen LogP contribution in [0.25, 0.3) is 17.0 Å². The Morgan fingerprint density at radius 1 is 0.760 bits per heavy atom. The number of carbonyl (C=O) groups excluding carboxylic acids is 1. The third-order valence-corrected chi connectivity index (χ3v) is 11.8. The van der Waals surface area contributed by atoms with Gasteiger partial charge in [0.25, 0.3) is 0 Å². The first-order valence-electron chi connectivity index (χ1n) is 17.7. The second-order valence-corrected chi connectivity index (χ2v) is 14.2. The van der Waals surface area contributed by atoms with Gasteiger partial charge in [-0.3, -0.25) is 14.8 Å². The molecule has 1 aromatic heterocycles. The summed E-state index contributed by atoms with van der Waals surface area (Å²) < 4.78 is 0. The molecule has 4 aliphatic rings. The maximum absolute atomic E-state index is 16.0. The highest BCUT2D eigenvalue weighted by atomic mass is 16.1. The number of hydrogen-bond donors (Lipinski definition) is 3. The van der Waals surface area contributed by atoms with Gasteiger partial charge in [0, 0.05) is 47.7 Å². The van der Waals surface area contributed by atoms with Crippen LogP contribution in [0.5, 0.6) is 0 Å². The summed E-state index contributed by atoms with van der Waals surface area (Å²) in [5, 5.41) is 11.1. The van der Waals surface area contributed by atoms with E-state index in [1.54, 1.807) is 0 Å². The monoisotopic (exact) mass is 651 g/mol. The zero-order valence-corrected chi connectivity index (χ0v) is 27.6. The quantitative estimate of drug-likeness (QED) is 0.205. The average Bonchev–Trinajstić information content (AvgIpc) is 3.79. The molecular weight excluding hydrogens is 615 g/mol. The number of para-hydroxylation sites is 3. The molecule has 6 aromatic rings. The van der Waals surface area contributed by atoms with Gasteiger partial charge in [0.2, 0.25) is 0 Å². The van der Waals surface area contributed by atoms with Crippen LogP contribution in [0.4, 0.5) is 0 Å². The van der Waals surface area contributed by atoms with E-state index in [1.165, 1.54) is 10.9 Å². The van der Waals surface area contributed by atoms with Crippen molar-refractivity contribution in [1.82, 2.24) is 15.6 Å². The molecule has 1 aliphatic carbocycles. The molecule has 244 valence electrons. The number of benzene rings is 5. The first-order chi connectivity index (χ1) is 24.7. The molecule has 0 saturated carbocycles. The third kappa shape index (κ3) is 4.12. The fourth-order valence-corrected chi connectivity index (χ4v) is 9.89. The van der Waals surface area contributed by atoms with E-state index in [0.29, 0.717) is 13.1 Å². The van der Waals surface area contributed by atoms with Crippen molar-refractivity contribution in [3.8, 4) is 0 Å². The van der Waals surface area contributed by atoms with Crippen molar-refractivity contribution in [3.05, 3.63) is 184 Å².